The molecule has 16 heavy (non-hydrogen) atoms. The van der Waals surface area contributed by atoms with E-state index in [1.807, 2.05) is 13.0 Å². The van der Waals surface area contributed by atoms with Crippen LogP contribution in [-0.4, -0.2) is 29.1 Å². The van der Waals surface area contributed by atoms with Gasteiger partial charge in [-0.3, -0.25) is 0 Å². The van der Waals surface area contributed by atoms with Crippen LogP contribution in [0.1, 0.15) is 18.5 Å². The molecule has 1 aromatic rings. The molecule has 0 saturated carbocycles. The highest BCUT2D eigenvalue weighted by Crippen LogP contribution is 2.13. The average Bonchev–Trinajstić information content (AvgIpc) is 2.17. The van der Waals surface area contributed by atoms with Crippen LogP contribution in [-0.2, 0) is 0 Å². The van der Waals surface area contributed by atoms with Gasteiger partial charge in [-0.25, -0.2) is 9.97 Å². The van der Waals surface area contributed by atoms with Gasteiger partial charge in [0.05, 0.1) is 0 Å². The number of nitrogens with zero attached hydrogens (tertiary/aromatic N) is 2. The Balaban J connectivity index is 0.00000128. The van der Waals surface area contributed by atoms with E-state index >= 15 is 0 Å². The molecule has 1 unspecified atom stereocenters. The quantitative estimate of drug-likeness (QED) is 0.801. The number of aromatic nitrogens is 2. The van der Waals surface area contributed by atoms with E-state index in [0.29, 0.717) is 11.3 Å². The van der Waals surface area contributed by atoms with Gasteiger partial charge in [0, 0.05) is 24.3 Å². The largest absolute Gasteiger partial charge is 0.366 e. The van der Waals surface area contributed by atoms with Crippen molar-refractivity contribution in [3.05, 3.63) is 17.0 Å². The van der Waals surface area contributed by atoms with Crippen molar-refractivity contribution in [3.63, 3.8) is 0 Å². The third kappa shape index (κ3) is 3.77. The topological polar surface area (TPSA) is 49.8 Å². The summed E-state index contributed by atoms with van der Waals surface area (Å²) < 4.78 is 0. The number of nitrogens with one attached hydrogen (secondary N) is 2. The Hall–Kier alpha value is -0.580. The monoisotopic (exact) mass is 262 g/mol. The van der Waals surface area contributed by atoms with Gasteiger partial charge in [-0.05, 0) is 37.9 Å². The minimum absolute atomic E-state index is 0. The Morgan fingerprint density at radius 2 is 2.31 bits per heavy atom. The molecule has 0 aromatic carbocycles. The zero-order chi connectivity index (χ0) is 10.7. The lowest BCUT2D eigenvalue weighted by Gasteiger charge is -2.24. The zero-order valence-electron chi connectivity index (χ0n) is 9.16. The Bertz CT molecular complexity index is 319. The molecule has 6 heteroatoms. The molecule has 1 aliphatic rings. The number of hydrogen-bond donors (Lipinski definition) is 2. The summed E-state index contributed by atoms with van der Waals surface area (Å²) in [5.74, 6) is 0.821. The first-order valence-corrected chi connectivity index (χ1v) is 5.60. The van der Waals surface area contributed by atoms with Crippen LogP contribution in [0.2, 0.25) is 5.28 Å². The Morgan fingerprint density at radius 3 is 2.94 bits per heavy atom. The molecule has 0 radical (unpaired) electrons. The van der Waals surface area contributed by atoms with Crippen LogP contribution in [0.4, 0.5) is 5.82 Å². The van der Waals surface area contributed by atoms with Crippen LogP contribution in [0.5, 0.6) is 0 Å². The number of anilines is 1. The summed E-state index contributed by atoms with van der Waals surface area (Å²) in [6, 6.07) is 2.37. The van der Waals surface area contributed by atoms with Gasteiger partial charge in [0.15, 0.2) is 0 Å². The van der Waals surface area contributed by atoms with Crippen LogP contribution in [0.25, 0.3) is 0 Å². The van der Waals surface area contributed by atoms with E-state index in [9.17, 15) is 0 Å². The van der Waals surface area contributed by atoms with Gasteiger partial charge in [-0.1, -0.05) is 0 Å². The van der Waals surface area contributed by atoms with Gasteiger partial charge >= 0.3 is 0 Å². The molecule has 0 amide bonds. The molecular weight excluding hydrogens is 247 g/mol. The fraction of sp³-hybridized carbons (Fsp3) is 0.600. The lowest BCUT2D eigenvalue weighted by atomic mass is 10.1. The molecule has 1 atom stereocenters. The normalized spacial score (nSPS) is 20.0. The molecule has 2 N–H and O–H groups in total. The summed E-state index contributed by atoms with van der Waals surface area (Å²) in [4.78, 5) is 8.17. The molecule has 0 bridgehead atoms. The molecule has 1 aromatic heterocycles. The van der Waals surface area contributed by atoms with Crippen molar-refractivity contribution in [1.29, 1.82) is 0 Å². The van der Waals surface area contributed by atoms with Crippen molar-refractivity contribution < 1.29 is 0 Å². The van der Waals surface area contributed by atoms with E-state index in [0.717, 1.165) is 24.6 Å². The fourth-order valence-corrected chi connectivity index (χ4v) is 2.01. The smallest absolute Gasteiger partial charge is 0.224 e. The summed E-state index contributed by atoms with van der Waals surface area (Å²) in [5, 5.41) is 7.02. The SMILES string of the molecule is Cc1cc(NC2CCCNC2)nc(Cl)n1.Cl. The highest BCUT2D eigenvalue weighted by atomic mass is 35.5. The molecular formula is C10H16Cl2N4. The van der Waals surface area contributed by atoms with E-state index in [1.165, 1.54) is 12.8 Å². The predicted molar refractivity (Wildman–Crippen MR) is 68.5 cm³/mol. The molecule has 2 rings (SSSR count). The maximum absolute atomic E-state index is 5.79. The molecule has 1 fully saturated rings. The van der Waals surface area contributed by atoms with Gasteiger partial charge in [-0.15, -0.1) is 12.4 Å². The Kier molecular flexibility index (Phi) is 5.25. The number of rotatable bonds is 2. The average molecular weight is 263 g/mol. The minimum Gasteiger partial charge on any atom is -0.366 e. The van der Waals surface area contributed by atoms with Gasteiger partial charge in [0.1, 0.15) is 5.82 Å². The van der Waals surface area contributed by atoms with Gasteiger partial charge < -0.3 is 10.6 Å². The second kappa shape index (κ2) is 6.23. The minimum atomic E-state index is 0. The van der Waals surface area contributed by atoms with Crippen molar-refractivity contribution >= 4 is 29.8 Å². The zero-order valence-corrected chi connectivity index (χ0v) is 10.7. The van der Waals surface area contributed by atoms with Crippen LogP contribution in [0.3, 0.4) is 0 Å². The maximum Gasteiger partial charge on any atom is 0.224 e. The highest BCUT2D eigenvalue weighted by Gasteiger charge is 2.13. The summed E-state index contributed by atoms with van der Waals surface area (Å²) in [6.07, 6.45) is 2.38. The molecule has 2 heterocycles. The van der Waals surface area contributed by atoms with Crippen molar-refractivity contribution in [1.82, 2.24) is 15.3 Å². The number of halogens is 2. The van der Waals surface area contributed by atoms with Gasteiger partial charge in [0.2, 0.25) is 5.28 Å². The van der Waals surface area contributed by atoms with E-state index in [1.54, 1.807) is 0 Å². The van der Waals surface area contributed by atoms with Gasteiger partial charge in [-0.2, -0.15) is 0 Å². The van der Waals surface area contributed by atoms with Crippen molar-refractivity contribution in [3.8, 4) is 0 Å². The van der Waals surface area contributed by atoms with Gasteiger partial charge in [0.25, 0.3) is 0 Å². The third-order valence-corrected chi connectivity index (χ3v) is 2.64. The van der Waals surface area contributed by atoms with Crippen molar-refractivity contribution in [2.45, 2.75) is 25.8 Å². The van der Waals surface area contributed by atoms with E-state index in [4.69, 9.17) is 11.6 Å². The Morgan fingerprint density at radius 1 is 1.50 bits per heavy atom. The first kappa shape index (κ1) is 13.5. The standard InChI is InChI=1S/C10H15ClN4.ClH/c1-7-5-9(15-10(11)13-7)14-8-3-2-4-12-6-8;/h5,8,12H,2-4,6H2,1H3,(H,13,14,15);1H. The molecule has 1 aliphatic heterocycles. The molecule has 0 spiro atoms. The van der Waals surface area contributed by atoms with Crippen LogP contribution in [0, 0.1) is 6.92 Å². The lowest BCUT2D eigenvalue weighted by Crippen LogP contribution is -2.38. The van der Waals surface area contributed by atoms with Crippen molar-refractivity contribution in [2.24, 2.45) is 0 Å². The second-order valence-electron chi connectivity index (χ2n) is 3.85. The predicted octanol–water partition coefficient (Wildman–Crippen LogP) is 2.02. The van der Waals surface area contributed by atoms with E-state index < -0.39 is 0 Å². The summed E-state index contributed by atoms with van der Waals surface area (Å²) in [7, 11) is 0. The third-order valence-electron chi connectivity index (χ3n) is 2.48. The van der Waals surface area contributed by atoms with Crippen LogP contribution in [0.15, 0.2) is 6.07 Å². The van der Waals surface area contributed by atoms with E-state index in [2.05, 4.69) is 20.6 Å². The van der Waals surface area contributed by atoms with Crippen molar-refractivity contribution in [2.75, 3.05) is 18.4 Å². The Labute approximate surface area is 107 Å². The number of piperidine rings is 1. The molecule has 4 nitrogen and oxygen atoms in total. The first-order valence-electron chi connectivity index (χ1n) is 5.22. The van der Waals surface area contributed by atoms with Crippen LogP contribution >= 0.6 is 24.0 Å². The highest BCUT2D eigenvalue weighted by molar-refractivity contribution is 6.28. The lowest BCUT2D eigenvalue weighted by molar-refractivity contribution is 0.479. The maximum atomic E-state index is 5.79. The number of hydrogen-bond acceptors (Lipinski definition) is 4. The number of aryl methyl sites for hydroxylation is 1. The fourth-order valence-electron chi connectivity index (χ4n) is 1.79. The molecule has 90 valence electrons. The second-order valence-corrected chi connectivity index (χ2v) is 4.19. The van der Waals surface area contributed by atoms with E-state index in [-0.39, 0.29) is 12.4 Å². The molecule has 1 saturated heterocycles. The summed E-state index contributed by atoms with van der Waals surface area (Å²) in [6.45, 7) is 4.01. The molecule has 0 aliphatic carbocycles. The summed E-state index contributed by atoms with van der Waals surface area (Å²) in [5.41, 5.74) is 0.890. The summed E-state index contributed by atoms with van der Waals surface area (Å²) >= 11 is 5.79. The first-order chi connectivity index (χ1) is 7.24. The van der Waals surface area contributed by atoms with Crippen LogP contribution < -0.4 is 10.6 Å².